The van der Waals surface area contributed by atoms with Gasteiger partial charge < -0.3 is 5.32 Å². The van der Waals surface area contributed by atoms with Gasteiger partial charge >= 0.3 is 0 Å². The quantitative estimate of drug-likeness (QED) is 0.843. The monoisotopic (exact) mass is 251 g/mol. The van der Waals surface area contributed by atoms with Gasteiger partial charge in [0.2, 0.25) is 0 Å². The molecule has 0 unspecified atom stereocenters. The Kier molecular flexibility index (Phi) is 4.29. The van der Waals surface area contributed by atoms with Gasteiger partial charge in [0.25, 0.3) is 0 Å². The van der Waals surface area contributed by atoms with E-state index in [1.807, 2.05) is 24.2 Å². The number of hydrogen-bond donors (Lipinski definition) is 1. The fourth-order valence-corrected chi connectivity index (χ4v) is 3.42. The second-order valence-electron chi connectivity index (χ2n) is 4.71. The molecule has 1 aliphatic rings. The van der Waals surface area contributed by atoms with E-state index in [1.54, 1.807) is 10.9 Å². The van der Waals surface area contributed by atoms with Crippen LogP contribution in [0.15, 0.2) is 19.0 Å². The first-order valence-electron chi connectivity index (χ1n) is 6.19. The van der Waals surface area contributed by atoms with Crippen LogP contribution in [0.25, 0.3) is 6.20 Å². The average Bonchev–Trinajstić information content (AvgIpc) is 2.98. The third-order valence-electron chi connectivity index (χ3n) is 3.57. The normalized spacial score (nSPS) is 18.4. The Hall–Kier alpha value is -0.740. The third kappa shape index (κ3) is 3.13. The van der Waals surface area contributed by atoms with Crippen LogP contribution in [0, 0.1) is 0 Å². The van der Waals surface area contributed by atoms with E-state index in [0.717, 1.165) is 13.1 Å². The summed E-state index contributed by atoms with van der Waals surface area (Å²) in [4.78, 5) is 0. The molecule has 1 aromatic heterocycles. The summed E-state index contributed by atoms with van der Waals surface area (Å²) in [6, 6.07) is 0. The third-order valence-corrected chi connectivity index (χ3v) is 4.98. The van der Waals surface area contributed by atoms with Crippen LogP contribution in [0.1, 0.15) is 31.2 Å². The van der Waals surface area contributed by atoms with Gasteiger partial charge in [0.15, 0.2) is 0 Å². The summed E-state index contributed by atoms with van der Waals surface area (Å²) in [5, 5.41) is 7.74. The molecular weight excluding hydrogens is 230 g/mol. The fraction of sp³-hybridized carbons (Fsp3) is 0.615. The highest BCUT2D eigenvalue weighted by Gasteiger charge is 2.32. The predicted molar refractivity (Wildman–Crippen MR) is 75.0 cm³/mol. The Morgan fingerprint density at radius 3 is 2.94 bits per heavy atom. The van der Waals surface area contributed by atoms with Gasteiger partial charge in [0.05, 0.1) is 6.20 Å². The maximum Gasteiger partial charge on any atom is 0.0538 e. The van der Waals surface area contributed by atoms with Crippen LogP contribution in [0.5, 0.6) is 0 Å². The first kappa shape index (κ1) is 12.7. The fourth-order valence-electron chi connectivity index (χ4n) is 2.48. The minimum absolute atomic E-state index is 0.481. The zero-order valence-corrected chi connectivity index (χ0v) is 11.3. The topological polar surface area (TPSA) is 29.9 Å². The van der Waals surface area contributed by atoms with E-state index >= 15 is 0 Å². The molecule has 0 amide bonds. The molecule has 94 valence electrons. The smallest absolute Gasteiger partial charge is 0.0538 e. The number of rotatable bonds is 6. The number of nitrogens with one attached hydrogen (secondary N) is 1. The molecule has 0 saturated heterocycles. The molecule has 0 aliphatic heterocycles. The molecule has 1 heterocycles. The lowest BCUT2D eigenvalue weighted by atomic mass is 10.1. The van der Waals surface area contributed by atoms with Crippen LogP contribution >= 0.6 is 11.8 Å². The van der Waals surface area contributed by atoms with Crippen molar-refractivity contribution in [3.63, 3.8) is 0 Å². The summed E-state index contributed by atoms with van der Waals surface area (Å²) in [6.07, 6.45) is 13.3. The molecule has 0 atom stereocenters. The van der Waals surface area contributed by atoms with Crippen molar-refractivity contribution in [1.29, 1.82) is 0 Å². The highest BCUT2D eigenvalue weighted by atomic mass is 32.2. The number of hydrogen-bond acceptors (Lipinski definition) is 3. The van der Waals surface area contributed by atoms with E-state index in [-0.39, 0.29) is 0 Å². The van der Waals surface area contributed by atoms with Crippen molar-refractivity contribution in [2.45, 2.75) is 37.0 Å². The molecule has 1 aromatic rings. The Bertz CT molecular complexity index is 366. The minimum atomic E-state index is 0.481. The Morgan fingerprint density at radius 2 is 2.35 bits per heavy atom. The maximum absolute atomic E-state index is 4.18. The second kappa shape index (κ2) is 5.74. The minimum Gasteiger partial charge on any atom is -0.311 e. The van der Waals surface area contributed by atoms with E-state index in [9.17, 15) is 0 Å². The second-order valence-corrected chi connectivity index (χ2v) is 5.98. The van der Waals surface area contributed by atoms with Gasteiger partial charge in [-0.2, -0.15) is 16.9 Å². The van der Waals surface area contributed by atoms with Crippen LogP contribution in [0.3, 0.4) is 0 Å². The van der Waals surface area contributed by atoms with Gasteiger partial charge in [-0.1, -0.05) is 19.4 Å². The number of nitrogens with zero attached hydrogens (tertiary/aromatic N) is 2. The first-order chi connectivity index (χ1) is 8.28. The lowest BCUT2D eigenvalue weighted by Crippen LogP contribution is -2.34. The molecule has 0 aromatic carbocycles. The van der Waals surface area contributed by atoms with E-state index in [4.69, 9.17) is 0 Å². The Labute approximate surface area is 108 Å². The van der Waals surface area contributed by atoms with E-state index in [2.05, 4.69) is 23.3 Å². The van der Waals surface area contributed by atoms with Gasteiger partial charge in [-0.3, -0.25) is 0 Å². The van der Waals surface area contributed by atoms with Crippen molar-refractivity contribution in [3.8, 4) is 0 Å². The zero-order valence-electron chi connectivity index (χ0n) is 10.5. The van der Waals surface area contributed by atoms with Crippen molar-refractivity contribution in [2.75, 3.05) is 12.8 Å². The van der Waals surface area contributed by atoms with E-state index < -0.39 is 0 Å². The van der Waals surface area contributed by atoms with Gasteiger partial charge in [0.1, 0.15) is 0 Å². The number of thioether (sulfide) groups is 1. The highest BCUT2D eigenvalue weighted by molar-refractivity contribution is 8.00. The molecular formula is C13H21N3S. The number of aromatic nitrogens is 2. The van der Waals surface area contributed by atoms with Crippen molar-refractivity contribution < 1.29 is 0 Å². The van der Waals surface area contributed by atoms with Crippen molar-refractivity contribution in [2.24, 2.45) is 0 Å². The Morgan fingerprint density at radius 1 is 1.59 bits per heavy atom. The van der Waals surface area contributed by atoms with Crippen molar-refractivity contribution >= 4 is 18.0 Å². The lowest BCUT2D eigenvalue weighted by Gasteiger charge is -2.26. The molecule has 4 heteroatoms. The van der Waals surface area contributed by atoms with Crippen LogP contribution in [-0.4, -0.2) is 27.3 Å². The maximum atomic E-state index is 4.18. The SMILES string of the molecule is C=Cn1cc(CNCC2(SC)CCCC2)cn1. The molecule has 17 heavy (non-hydrogen) atoms. The van der Waals surface area contributed by atoms with E-state index in [0.29, 0.717) is 4.75 Å². The van der Waals surface area contributed by atoms with Crippen LogP contribution in [-0.2, 0) is 6.54 Å². The van der Waals surface area contributed by atoms with Crippen LogP contribution < -0.4 is 5.32 Å². The molecule has 1 N–H and O–H groups in total. The lowest BCUT2D eigenvalue weighted by molar-refractivity contribution is 0.534. The average molecular weight is 251 g/mol. The zero-order chi connectivity index (χ0) is 12.1. The van der Waals surface area contributed by atoms with Crippen LogP contribution in [0.4, 0.5) is 0 Å². The van der Waals surface area contributed by atoms with Crippen LogP contribution in [0.2, 0.25) is 0 Å². The summed E-state index contributed by atoms with van der Waals surface area (Å²) < 4.78 is 2.23. The molecule has 2 rings (SSSR count). The molecule has 0 radical (unpaired) electrons. The van der Waals surface area contributed by atoms with E-state index in [1.165, 1.54) is 31.2 Å². The molecule has 1 fully saturated rings. The summed E-state index contributed by atoms with van der Waals surface area (Å²) in [7, 11) is 0. The predicted octanol–water partition coefficient (Wildman–Crippen LogP) is 2.75. The molecule has 3 nitrogen and oxygen atoms in total. The molecule has 0 spiro atoms. The molecule has 1 saturated carbocycles. The van der Waals surface area contributed by atoms with Gasteiger partial charge in [0, 0.05) is 35.8 Å². The Balaban J connectivity index is 1.80. The summed E-state index contributed by atoms with van der Waals surface area (Å²) in [5.74, 6) is 0. The summed E-state index contributed by atoms with van der Waals surface area (Å²) in [6.45, 7) is 5.69. The summed E-state index contributed by atoms with van der Waals surface area (Å²) in [5.41, 5.74) is 1.22. The van der Waals surface area contributed by atoms with Gasteiger partial charge in [-0.25, -0.2) is 4.68 Å². The largest absolute Gasteiger partial charge is 0.311 e. The van der Waals surface area contributed by atoms with Gasteiger partial charge in [-0.05, 0) is 19.1 Å². The molecule has 1 aliphatic carbocycles. The van der Waals surface area contributed by atoms with Crippen molar-refractivity contribution in [1.82, 2.24) is 15.1 Å². The molecule has 0 bridgehead atoms. The van der Waals surface area contributed by atoms with Gasteiger partial charge in [-0.15, -0.1) is 0 Å². The standard InChI is InChI=1S/C13H21N3S/c1-3-16-10-12(9-15-16)8-14-11-13(17-2)6-4-5-7-13/h3,9-10,14H,1,4-8,11H2,2H3. The first-order valence-corrected chi connectivity index (χ1v) is 7.42. The highest BCUT2D eigenvalue weighted by Crippen LogP contribution is 2.39. The van der Waals surface area contributed by atoms with Crippen molar-refractivity contribution in [3.05, 3.63) is 24.5 Å². The summed E-state index contributed by atoms with van der Waals surface area (Å²) >= 11 is 2.03.